The van der Waals surface area contributed by atoms with Gasteiger partial charge in [-0.05, 0) is 49.3 Å². The highest BCUT2D eigenvalue weighted by Gasteiger charge is 2.21. The summed E-state index contributed by atoms with van der Waals surface area (Å²) in [7, 11) is -1.69. The molecule has 0 aliphatic carbocycles. The van der Waals surface area contributed by atoms with Crippen LogP contribution in [0.5, 0.6) is 5.75 Å². The maximum absolute atomic E-state index is 6.01. The van der Waals surface area contributed by atoms with Gasteiger partial charge in [-0.1, -0.05) is 36.7 Å². The van der Waals surface area contributed by atoms with Crippen molar-refractivity contribution >= 4 is 24.2 Å². The Morgan fingerprint density at radius 3 is 2.05 bits per heavy atom. The number of hydrogen-bond donors (Lipinski definition) is 0. The van der Waals surface area contributed by atoms with Crippen LogP contribution in [0.1, 0.15) is 20.8 Å². The van der Waals surface area contributed by atoms with Gasteiger partial charge < -0.3 is 9.16 Å². The Hall–Kier alpha value is -0.743. The molecule has 1 aromatic carbocycles. The molecule has 0 spiro atoms. The first-order valence-electron chi connectivity index (χ1n) is 6.40. The topological polar surface area (TPSA) is 18.5 Å². The zero-order chi connectivity index (χ0) is 14.7. The molecule has 4 heteroatoms. The van der Waals surface area contributed by atoms with Crippen LogP contribution in [0, 0.1) is 5.41 Å². The normalized spacial score (nSPS) is 13.3. The Bertz CT molecular complexity index is 439. The quantitative estimate of drug-likeness (QED) is 0.526. The van der Waals surface area contributed by atoms with E-state index in [1.54, 1.807) is 0 Å². The number of allylic oxidation sites excluding steroid dienone is 1. The summed E-state index contributed by atoms with van der Waals surface area (Å²) >= 11 is 3.41. The van der Waals surface area contributed by atoms with Gasteiger partial charge in [0.25, 0.3) is 5.95 Å². The highest BCUT2D eigenvalue weighted by Crippen LogP contribution is 2.24. The van der Waals surface area contributed by atoms with Crippen molar-refractivity contribution in [3.8, 4) is 5.75 Å². The first kappa shape index (κ1) is 16.3. The molecule has 0 aromatic heterocycles. The molecule has 0 aliphatic heterocycles. The molecule has 106 valence electrons. The standard InChI is InChI=1S/C15H23BrO2Si/c1-15(2,3)11-14(18-19(4,5)6)17-13-9-7-12(16)8-10-13/h7-11H,1-6H3/b14-11-. The van der Waals surface area contributed by atoms with Crippen molar-refractivity contribution < 1.29 is 9.16 Å². The van der Waals surface area contributed by atoms with Crippen LogP contribution in [0.4, 0.5) is 0 Å². The summed E-state index contributed by atoms with van der Waals surface area (Å²) in [5.41, 5.74) is 0.0182. The van der Waals surface area contributed by atoms with Crippen molar-refractivity contribution in [1.82, 2.24) is 0 Å². The molecule has 0 heterocycles. The third kappa shape index (κ3) is 7.43. The van der Waals surface area contributed by atoms with E-state index in [0.29, 0.717) is 5.95 Å². The van der Waals surface area contributed by atoms with Crippen LogP contribution in [0.2, 0.25) is 19.6 Å². The fraction of sp³-hybridized carbons (Fsp3) is 0.467. The van der Waals surface area contributed by atoms with E-state index >= 15 is 0 Å². The molecule has 0 saturated heterocycles. The van der Waals surface area contributed by atoms with Gasteiger partial charge in [-0.3, -0.25) is 0 Å². The van der Waals surface area contributed by atoms with Gasteiger partial charge in [-0.15, -0.1) is 0 Å². The summed E-state index contributed by atoms with van der Waals surface area (Å²) in [5, 5.41) is 0. The molecular weight excluding hydrogens is 320 g/mol. The first-order valence-corrected chi connectivity index (χ1v) is 10.6. The summed E-state index contributed by atoms with van der Waals surface area (Å²) in [6.07, 6.45) is 2.04. The summed E-state index contributed by atoms with van der Waals surface area (Å²) in [6.45, 7) is 12.8. The molecule has 0 fully saturated rings. The van der Waals surface area contributed by atoms with Gasteiger partial charge in [0.05, 0.1) is 0 Å². The van der Waals surface area contributed by atoms with Crippen molar-refractivity contribution in [2.45, 2.75) is 40.4 Å². The highest BCUT2D eigenvalue weighted by molar-refractivity contribution is 9.10. The van der Waals surface area contributed by atoms with E-state index in [-0.39, 0.29) is 5.41 Å². The number of ether oxygens (including phenoxy) is 1. The summed E-state index contributed by atoms with van der Waals surface area (Å²) < 4.78 is 12.9. The third-order valence-corrected chi connectivity index (χ3v) is 3.33. The first-order chi connectivity index (χ1) is 8.55. The molecule has 2 nitrogen and oxygen atoms in total. The molecular formula is C15H23BrO2Si. The van der Waals surface area contributed by atoms with E-state index in [2.05, 4.69) is 56.3 Å². The summed E-state index contributed by atoms with van der Waals surface area (Å²) in [6, 6.07) is 7.76. The fourth-order valence-corrected chi connectivity index (χ4v) is 2.32. The van der Waals surface area contributed by atoms with Crippen LogP contribution in [-0.4, -0.2) is 8.32 Å². The maximum atomic E-state index is 6.01. The van der Waals surface area contributed by atoms with Crippen molar-refractivity contribution in [3.63, 3.8) is 0 Å². The smallest absolute Gasteiger partial charge is 0.267 e. The van der Waals surface area contributed by atoms with Crippen LogP contribution in [0.15, 0.2) is 40.8 Å². The van der Waals surface area contributed by atoms with Crippen LogP contribution in [0.3, 0.4) is 0 Å². The van der Waals surface area contributed by atoms with Gasteiger partial charge in [0, 0.05) is 10.5 Å². The molecule has 0 N–H and O–H groups in total. The Morgan fingerprint density at radius 2 is 1.63 bits per heavy atom. The Morgan fingerprint density at radius 1 is 1.11 bits per heavy atom. The van der Waals surface area contributed by atoms with E-state index in [1.807, 2.05) is 30.3 Å². The van der Waals surface area contributed by atoms with Gasteiger partial charge in [0.15, 0.2) is 0 Å². The molecule has 1 aromatic rings. The second-order valence-corrected chi connectivity index (χ2v) is 11.9. The Kier molecular flexibility index (Phi) is 5.27. The van der Waals surface area contributed by atoms with Crippen molar-refractivity contribution in [2.24, 2.45) is 5.41 Å². The maximum Gasteiger partial charge on any atom is 0.267 e. The minimum Gasteiger partial charge on any atom is -0.520 e. The average molecular weight is 343 g/mol. The Labute approximate surface area is 126 Å². The molecule has 0 aliphatic rings. The number of halogens is 1. The summed E-state index contributed by atoms with van der Waals surface area (Å²) in [5.74, 6) is 1.39. The van der Waals surface area contributed by atoms with Gasteiger partial charge in [-0.2, -0.15) is 0 Å². The molecule has 0 radical (unpaired) electrons. The van der Waals surface area contributed by atoms with Crippen LogP contribution in [0.25, 0.3) is 0 Å². The minimum atomic E-state index is -1.69. The van der Waals surface area contributed by atoms with Crippen molar-refractivity contribution in [3.05, 3.63) is 40.8 Å². The summed E-state index contributed by atoms with van der Waals surface area (Å²) in [4.78, 5) is 0. The lowest BCUT2D eigenvalue weighted by Gasteiger charge is -2.24. The molecule has 0 unspecified atom stereocenters. The minimum absolute atomic E-state index is 0.0182. The van der Waals surface area contributed by atoms with Crippen LogP contribution < -0.4 is 4.74 Å². The van der Waals surface area contributed by atoms with Gasteiger partial charge in [-0.25, -0.2) is 0 Å². The zero-order valence-electron chi connectivity index (χ0n) is 12.6. The number of hydrogen-bond acceptors (Lipinski definition) is 2. The molecule has 1 rings (SSSR count). The van der Waals surface area contributed by atoms with Crippen molar-refractivity contribution in [1.29, 1.82) is 0 Å². The van der Waals surface area contributed by atoms with Gasteiger partial charge >= 0.3 is 0 Å². The molecule has 0 atom stereocenters. The van der Waals surface area contributed by atoms with E-state index in [1.165, 1.54) is 0 Å². The molecule has 0 amide bonds. The predicted molar refractivity (Wildman–Crippen MR) is 86.7 cm³/mol. The average Bonchev–Trinajstić information content (AvgIpc) is 2.16. The van der Waals surface area contributed by atoms with Crippen molar-refractivity contribution in [2.75, 3.05) is 0 Å². The monoisotopic (exact) mass is 342 g/mol. The van der Waals surface area contributed by atoms with Crippen LogP contribution in [-0.2, 0) is 4.43 Å². The van der Waals surface area contributed by atoms with Gasteiger partial charge in [0.2, 0.25) is 8.32 Å². The fourth-order valence-electron chi connectivity index (χ4n) is 1.35. The van der Waals surface area contributed by atoms with E-state index in [4.69, 9.17) is 9.16 Å². The van der Waals surface area contributed by atoms with Gasteiger partial charge in [0.1, 0.15) is 5.75 Å². The van der Waals surface area contributed by atoms with E-state index in [9.17, 15) is 0 Å². The third-order valence-electron chi connectivity index (χ3n) is 1.99. The second-order valence-electron chi connectivity index (χ2n) is 6.60. The molecule has 0 saturated carbocycles. The van der Waals surface area contributed by atoms with E-state index < -0.39 is 8.32 Å². The predicted octanol–water partition coefficient (Wildman–Crippen LogP) is 5.57. The highest BCUT2D eigenvalue weighted by atomic mass is 79.9. The number of rotatable bonds is 4. The Balaban J connectivity index is 2.92. The molecule has 0 bridgehead atoms. The van der Waals surface area contributed by atoms with E-state index in [0.717, 1.165) is 10.2 Å². The second kappa shape index (κ2) is 6.14. The molecule has 19 heavy (non-hydrogen) atoms. The lowest BCUT2D eigenvalue weighted by atomic mass is 9.97. The van der Waals surface area contributed by atoms with Crippen LogP contribution >= 0.6 is 15.9 Å². The SMILES string of the molecule is CC(C)(C)/C=C(/Oc1ccc(Br)cc1)O[Si](C)(C)C. The lowest BCUT2D eigenvalue weighted by Crippen LogP contribution is -2.27. The lowest BCUT2D eigenvalue weighted by molar-refractivity contribution is 0.212. The number of benzene rings is 1. The largest absolute Gasteiger partial charge is 0.520 e. The zero-order valence-corrected chi connectivity index (χ0v) is 15.2.